The van der Waals surface area contributed by atoms with E-state index < -0.39 is 0 Å². The minimum absolute atomic E-state index is 0.138. The maximum atomic E-state index is 12.9. The number of halogens is 1. The van der Waals surface area contributed by atoms with Crippen LogP contribution in [0.1, 0.15) is 12.0 Å². The van der Waals surface area contributed by atoms with Crippen molar-refractivity contribution in [2.45, 2.75) is 26.1 Å². The molecule has 0 saturated heterocycles. The first kappa shape index (κ1) is 23.6. The van der Waals surface area contributed by atoms with Gasteiger partial charge >= 0.3 is 0 Å². The molecule has 36 heavy (non-hydrogen) atoms. The largest absolute Gasteiger partial charge is 0.354 e. The molecule has 1 amide bonds. The molecule has 2 aromatic carbocycles. The highest BCUT2D eigenvalue weighted by Crippen LogP contribution is 2.12. The molecule has 182 valence electrons. The minimum Gasteiger partial charge on any atom is -0.354 e. The van der Waals surface area contributed by atoms with E-state index in [4.69, 9.17) is 0 Å². The third kappa shape index (κ3) is 4.96. The van der Waals surface area contributed by atoms with Crippen molar-refractivity contribution in [2.75, 3.05) is 6.54 Å². The highest BCUT2D eigenvalue weighted by molar-refractivity contribution is 9.10. The van der Waals surface area contributed by atoms with E-state index in [1.54, 1.807) is 27.4 Å². The lowest BCUT2D eigenvalue weighted by atomic mass is 10.2. The molecule has 10 nitrogen and oxygen atoms in total. The van der Waals surface area contributed by atoms with Gasteiger partial charge in [0, 0.05) is 24.0 Å². The van der Waals surface area contributed by atoms with Crippen LogP contribution in [0.5, 0.6) is 0 Å². The molecule has 0 radical (unpaired) electrons. The van der Waals surface area contributed by atoms with Crippen LogP contribution in [-0.2, 0) is 24.4 Å². The molecule has 0 saturated carbocycles. The minimum atomic E-state index is -0.198. The SMILES string of the molecule is O=C(CCn1cnc2ccccc2c1=O)NCCn1ncc2c(=O)n(Cc3ccc(Br)cc3)cnc21. The van der Waals surface area contributed by atoms with Crippen LogP contribution in [0.4, 0.5) is 0 Å². The predicted octanol–water partition coefficient (Wildman–Crippen LogP) is 2.32. The summed E-state index contributed by atoms with van der Waals surface area (Å²) in [5, 5.41) is 8.04. The van der Waals surface area contributed by atoms with E-state index in [2.05, 4.69) is 36.3 Å². The van der Waals surface area contributed by atoms with Gasteiger partial charge in [0.25, 0.3) is 11.1 Å². The van der Waals surface area contributed by atoms with Gasteiger partial charge in [0.2, 0.25) is 5.91 Å². The van der Waals surface area contributed by atoms with Crippen molar-refractivity contribution in [1.29, 1.82) is 0 Å². The smallest absolute Gasteiger partial charge is 0.264 e. The molecule has 0 spiro atoms. The number of rotatable bonds is 8. The summed E-state index contributed by atoms with van der Waals surface area (Å²) in [5.41, 5.74) is 1.73. The topological polar surface area (TPSA) is 117 Å². The molecule has 3 heterocycles. The third-order valence-corrected chi connectivity index (χ3v) is 6.37. The van der Waals surface area contributed by atoms with Crippen molar-refractivity contribution in [3.8, 4) is 0 Å². The van der Waals surface area contributed by atoms with E-state index in [0.29, 0.717) is 41.6 Å². The van der Waals surface area contributed by atoms with Gasteiger partial charge in [0.1, 0.15) is 11.7 Å². The quantitative estimate of drug-likeness (QED) is 0.318. The number of amides is 1. The monoisotopic (exact) mass is 547 g/mol. The first-order chi connectivity index (χ1) is 17.5. The fourth-order valence-electron chi connectivity index (χ4n) is 3.94. The molecule has 11 heteroatoms. The number of aromatic nitrogens is 6. The van der Waals surface area contributed by atoms with Gasteiger partial charge in [-0.3, -0.25) is 23.5 Å². The molecule has 0 aliphatic heterocycles. The van der Waals surface area contributed by atoms with Crippen molar-refractivity contribution in [1.82, 2.24) is 34.2 Å². The number of carbonyl (C=O) groups excluding carboxylic acids is 1. The average molecular weight is 548 g/mol. The van der Waals surface area contributed by atoms with E-state index in [-0.39, 0.29) is 30.0 Å². The van der Waals surface area contributed by atoms with Crippen molar-refractivity contribution in [2.24, 2.45) is 0 Å². The van der Waals surface area contributed by atoms with Crippen LogP contribution in [0.3, 0.4) is 0 Å². The van der Waals surface area contributed by atoms with Crippen LogP contribution in [0.25, 0.3) is 21.9 Å². The number of benzene rings is 2. The standard InChI is InChI=1S/C25H22BrN7O3/c26-18-7-5-17(6-8-18)14-32-16-29-23-20(25(32)36)13-30-33(23)12-10-27-22(34)9-11-31-15-28-21-4-2-1-3-19(21)24(31)35/h1-8,13,15-16H,9-12,14H2,(H,27,34). The number of carbonyl (C=O) groups is 1. The van der Waals surface area contributed by atoms with Gasteiger partial charge in [0.05, 0.1) is 36.5 Å². The zero-order valence-corrected chi connectivity index (χ0v) is 20.8. The molecule has 0 fully saturated rings. The molecule has 5 aromatic rings. The van der Waals surface area contributed by atoms with E-state index in [0.717, 1.165) is 10.0 Å². The zero-order chi connectivity index (χ0) is 25.1. The zero-order valence-electron chi connectivity index (χ0n) is 19.2. The summed E-state index contributed by atoms with van der Waals surface area (Å²) in [7, 11) is 0. The second-order valence-corrected chi connectivity index (χ2v) is 9.18. The predicted molar refractivity (Wildman–Crippen MR) is 139 cm³/mol. The Morgan fingerprint density at radius 3 is 2.47 bits per heavy atom. The second kappa shape index (κ2) is 10.2. The summed E-state index contributed by atoms with van der Waals surface area (Å²) in [6, 6.07) is 14.8. The molecule has 1 N–H and O–H groups in total. The van der Waals surface area contributed by atoms with Crippen molar-refractivity contribution in [3.63, 3.8) is 0 Å². The first-order valence-electron chi connectivity index (χ1n) is 11.4. The Labute approximate surface area is 213 Å². The molecule has 0 bridgehead atoms. The first-order valence-corrected chi connectivity index (χ1v) is 12.2. The number of hydrogen-bond donors (Lipinski definition) is 1. The van der Waals surface area contributed by atoms with Gasteiger partial charge in [-0.15, -0.1) is 0 Å². The van der Waals surface area contributed by atoms with Crippen LogP contribution in [0, 0.1) is 0 Å². The van der Waals surface area contributed by atoms with Crippen LogP contribution < -0.4 is 16.4 Å². The maximum Gasteiger partial charge on any atom is 0.264 e. The number of fused-ring (bicyclic) bond motifs is 2. The van der Waals surface area contributed by atoms with Crippen LogP contribution in [0.15, 0.2) is 81.4 Å². The molecule has 0 atom stereocenters. The summed E-state index contributed by atoms with van der Waals surface area (Å²) in [6.45, 7) is 1.30. The Hall–Kier alpha value is -4.12. The Balaban J connectivity index is 1.18. The number of nitrogens with one attached hydrogen (secondary N) is 1. The highest BCUT2D eigenvalue weighted by Gasteiger charge is 2.11. The molecular formula is C25H22BrN7O3. The van der Waals surface area contributed by atoms with Crippen molar-refractivity contribution < 1.29 is 4.79 Å². The third-order valence-electron chi connectivity index (χ3n) is 5.85. The molecule has 0 aliphatic rings. The van der Waals surface area contributed by atoms with E-state index in [1.165, 1.54) is 23.4 Å². The second-order valence-electron chi connectivity index (χ2n) is 8.27. The fourth-order valence-corrected chi connectivity index (χ4v) is 4.20. The number of aryl methyl sites for hydroxylation is 1. The Morgan fingerprint density at radius 1 is 0.889 bits per heavy atom. The molecule has 3 aromatic heterocycles. The van der Waals surface area contributed by atoms with Crippen molar-refractivity contribution in [3.05, 3.63) is 98.1 Å². The van der Waals surface area contributed by atoms with Crippen LogP contribution in [-0.4, -0.2) is 41.3 Å². The van der Waals surface area contributed by atoms with Gasteiger partial charge in [-0.25, -0.2) is 14.6 Å². The van der Waals surface area contributed by atoms with Crippen LogP contribution in [0.2, 0.25) is 0 Å². The Bertz CT molecular complexity index is 1670. The number of hydrogen-bond acceptors (Lipinski definition) is 6. The Morgan fingerprint density at radius 2 is 1.64 bits per heavy atom. The maximum absolute atomic E-state index is 12.9. The lowest BCUT2D eigenvalue weighted by Crippen LogP contribution is -2.30. The van der Waals surface area contributed by atoms with E-state index >= 15 is 0 Å². The lowest BCUT2D eigenvalue weighted by Gasteiger charge is -2.09. The highest BCUT2D eigenvalue weighted by atomic mass is 79.9. The lowest BCUT2D eigenvalue weighted by molar-refractivity contribution is -0.121. The van der Waals surface area contributed by atoms with Crippen LogP contribution >= 0.6 is 15.9 Å². The van der Waals surface area contributed by atoms with Gasteiger partial charge < -0.3 is 5.32 Å². The van der Waals surface area contributed by atoms with Gasteiger partial charge in [-0.1, -0.05) is 40.2 Å². The molecular weight excluding hydrogens is 526 g/mol. The Kier molecular flexibility index (Phi) is 6.72. The summed E-state index contributed by atoms with van der Waals surface area (Å²) < 4.78 is 5.55. The van der Waals surface area contributed by atoms with Gasteiger partial charge in [0.15, 0.2) is 5.65 Å². The van der Waals surface area contributed by atoms with E-state index in [1.807, 2.05) is 30.3 Å². The summed E-state index contributed by atoms with van der Waals surface area (Å²) in [4.78, 5) is 46.4. The molecule has 5 rings (SSSR count). The van der Waals surface area contributed by atoms with Gasteiger partial charge in [-0.2, -0.15) is 5.10 Å². The summed E-state index contributed by atoms with van der Waals surface area (Å²) in [5.74, 6) is -0.198. The summed E-state index contributed by atoms with van der Waals surface area (Å²) >= 11 is 3.41. The summed E-state index contributed by atoms with van der Waals surface area (Å²) in [6.07, 6.45) is 4.62. The normalized spacial score (nSPS) is 11.2. The molecule has 0 unspecified atom stereocenters. The fraction of sp³-hybridized carbons (Fsp3) is 0.200. The number of nitrogens with zero attached hydrogens (tertiary/aromatic N) is 6. The van der Waals surface area contributed by atoms with Gasteiger partial charge in [-0.05, 0) is 29.8 Å². The number of para-hydroxylation sites is 1. The molecule has 0 aliphatic carbocycles. The van der Waals surface area contributed by atoms with E-state index in [9.17, 15) is 14.4 Å². The average Bonchev–Trinajstić information content (AvgIpc) is 3.30. The van der Waals surface area contributed by atoms with Crippen molar-refractivity contribution >= 4 is 43.8 Å².